The van der Waals surface area contributed by atoms with E-state index in [1.165, 1.54) is 6.07 Å². The van der Waals surface area contributed by atoms with Gasteiger partial charge in [0.15, 0.2) is 0 Å². The number of aliphatic hydroxyl groups is 1. The molecule has 0 radical (unpaired) electrons. The molecule has 4 nitrogen and oxygen atoms in total. The largest absolute Gasteiger partial charge is 0.477 e. The van der Waals surface area contributed by atoms with Crippen molar-refractivity contribution >= 4 is 17.3 Å². The van der Waals surface area contributed by atoms with Crippen molar-refractivity contribution in [2.45, 2.75) is 19.1 Å². The zero-order valence-electron chi connectivity index (χ0n) is 7.10. The molecule has 0 aliphatic heterocycles. The van der Waals surface area contributed by atoms with Crippen molar-refractivity contribution in [3.05, 3.63) is 21.9 Å². The zero-order valence-corrected chi connectivity index (χ0v) is 7.91. The molecule has 0 spiro atoms. The summed E-state index contributed by atoms with van der Waals surface area (Å²) in [6.07, 6.45) is -0.666. The van der Waals surface area contributed by atoms with E-state index in [0.29, 0.717) is 4.88 Å². The van der Waals surface area contributed by atoms with Crippen molar-refractivity contribution in [1.82, 2.24) is 0 Å². The Morgan fingerprint density at radius 1 is 1.62 bits per heavy atom. The van der Waals surface area contributed by atoms with Crippen molar-refractivity contribution in [3.8, 4) is 0 Å². The molecule has 0 fully saturated rings. The molecule has 0 saturated carbocycles. The summed E-state index contributed by atoms with van der Waals surface area (Å²) in [5.41, 5.74) is 5.62. The SMILES string of the molecule is C[C@H](O)[C@@H](N)c1ccc(C(=O)O)s1. The van der Waals surface area contributed by atoms with Gasteiger partial charge in [-0.3, -0.25) is 0 Å². The summed E-state index contributed by atoms with van der Waals surface area (Å²) >= 11 is 1.09. The van der Waals surface area contributed by atoms with Crippen molar-refractivity contribution in [1.29, 1.82) is 0 Å². The van der Waals surface area contributed by atoms with E-state index in [1.54, 1.807) is 13.0 Å². The van der Waals surface area contributed by atoms with E-state index in [9.17, 15) is 4.79 Å². The Bertz CT molecular complexity index is 308. The minimum absolute atomic E-state index is 0.242. The van der Waals surface area contributed by atoms with Gasteiger partial charge in [0.1, 0.15) is 4.88 Å². The molecule has 72 valence electrons. The van der Waals surface area contributed by atoms with Gasteiger partial charge in [0, 0.05) is 4.88 Å². The van der Waals surface area contributed by atoms with Crippen LogP contribution < -0.4 is 5.73 Å². The molecule has 5 heteroatoms. The molecular weight excluding hydrogens is 190 g/mol. The molecule has 1 aromatic heterocycles. The van der Waals surface area contributed by atoms with Gasteiger partial charge in [-0.2, -0.15) is 0 Å². The van der Waals surface area contributed by atoms with Crippen LogP contribution in [0, 0.1) is 0 Å². The van der Waals surface area contributed by atoms with Crippen LogP contribution in [0.25, 0.3) is 0 Å². The smallest absolute Gasteiger partial charge is 0.345 e. The van der Waals surface area contributed by atoms with E-state index in [1.807, 2.05) is 0 Å². The molecule has 0 aliphatic carbocycles. The van der Waals surface area contributed by atoms with Gasteiger partial charge in [-0.1, -0.05) is 0 Å². The molecule has 0 amide bonds. The van der Waals surface area contributed by atoms with Gasteiger partial charge in [0.2, 0.25) is 0 Å². The molecule has 1 aromatic rings. The summed E-state index contributed by atoms with van der Waals surface area (Å²) in [5, 5.41) is 17.8. The Morgan fingerprint density at radius 3 is 2.62 bits per heavy atom. The highest BCUT2D eigenvalue weighted by Crippen LogP contribution is 2.23. The third-order valence-corrected chi connectivity index (χ3v) is 2.86. The third-order valence-electron chi connectivity index (χ3n) is 1.69. The Labute approximate surface area is 79.6 Å². The van der Waals surface area contributed by atoms with Crippen LogP contribution in [-0.2, 0) is 0 Å². The summed E-state index contributed by atoms with van der Waals surface area (Å²) in [6, 6.07) is 2.62. The first kappa shape index (κ1) is 10.2. The van der Waals surface area contributed by atoms with Gasteiger partial charge in [0.25, 0.3) is 0 Å². The van der Waals surface area contributed by atoms with Gasteiger partial charge < -0.3 is 15.9 Å². The van der Waals surface area contributed by atoms with E-state index in [-0.39, 0.29) is 4.88 Å². The highest BCUT2D eigenvalue weighted by molar-refractivity contribution is 7.14. The predicted molar refractivity (Wildman–Crippen MR) is 49.9 cm³/mol. The van der Waals surface area contributed by atoms with Crippen LogP contribution in [0.3, 0.4) is 0 Å². The van der Waals surface area contributed by atoms with Crippen LogP contribution in [0.5, 0.6) is 0 Å². The van der Waals surface area contributed by atoms with Gasteiger partial charge >= 0.3 is 5.97 Å². The van der Waals surface area contributed by atoms with Gasteiger partial charge in [-0.05, 0) is 19.1 Å². The fourth-order valence-electron chi connectivity index (χ4n) is 0.885. The van der Waals surface area contributed by atoms with Gasteiger partial charge in [-0.25, -0.2) is 4.79 Å². The number of carbonyl (C=O) groups is 1. The standard InChI is InChI=1S/C8H11NO3S/c1-4(10)7(9)5-2-3-6(13-5)8(11)12/h2-4,7,10H,9H2,1H3,(H,11,12)/t4-,7+/m0/s1. The first-order valence-electron chi connectivity index (χ1n) is 3.79. The number of thiophene rings is 1. The topological polar surface area (TPSA) is 83.5 Å². The summed E-state index contributed by atoms with van der Waals surface area (Å²) in [4.78, 5) is 11.4. The lowest BCUT2D eigenvalue weighted by atomic mass is 10.1. The highest BCUT2D eigenvalue weighted by Gasteiger charge is 2.16. The molecule has 2 atom stereocenters. The van der Waals surface area contributed by atoms with Crippen molar-refractivity contribution < 1.29 is 15.0 Å². The van der Waals surface area contributed by atoms with E-state index < -0.39 is 18.1 Å². The number of aliphatic hydroxyl groups excluding tert-OH is 1. The number of nitrogens with two attached hydrogens (primary N) is 1. The average Bonchev–Trinajstić information content (AvgIpc) is 2.50. The average molecular weight is 201 g/mol. The summed E-state index contributed by atoms with van der Waals surface area (Å²) < 4.78 is 0. The molecular formula is C8H11NO3S. The number of rotatable bonds is 3. The molecule has 4 N–H and O–H groups in total. The van der Waals surface area contributed by atoms with Crippen LogP contribution in [0.4, 0.5) is 0 Å². The predicted octanol–water partition coefficient (Wildman–Crippen LogP) is 0.827. The maximum Gasteiger partial charge on any atom is 0.345 e. The van der Waals surface area contributed by atoms with Crippen LogP contribution in [0.15, 0.2) is 12.1 Å². The second-order valence-electron chi connectivity index (χ2n) is 2.77. The number of carboxylic acids is 1. The van der Waals surface area contributed by atoms with E-state index in [4.69, 9.17) is 15.9 Å². The molecule has 0 aliphatic rings. The fraction of sp³-hybridized carbons (Fsp3) is 0.375. The maximum atomic E-state index is 10.5. The van der Waals surface area contributed by atoms with Crippen molar-refractivity contribution in [2.75, 3.05) is 0 Å². The fourth-order valence-corrected chi connectivity index (χ4v) is 1.83. The molecule has 0 bridgehead atoms. The Balaban J connectivity index is 2.85. The highest BCUT2D eigenvalue weighted by atomic mass is 32.1. The number of hydrogen-bond acceptors (Lipinski definition) is 4. The molecule has 1 rings (SSSR count). The number of aromatic carboxylic acids is 1. The van der Waals surface area contributed by atoms with Crippen LogP contribution in [-0.4, -0.2) is 22.3 Å². The monoisotopic (exact) mass is 201 g/mol. The first-order valence-corrected chi connectivity index (χ1v) is 4.60. The van der Waals surface area contributed by atoms with Gasteiger partial charge in [0.05, 0.1) is 12.1 Å². The lowest BCUT2D eigenvalue weighted by Gasteiger charge is -2.11. The number of hydrogen-bond donors (Lipinski definition) is 3. The van der Waals surface area contributed by atoms with Crippen LogP contribution in [0.2, 0.25) is 0 Å². The van der Waals surface area contributed by atoms with Gasteiger partial charge in [-0.15, -0.1) is 11.3 Å². The normalized spacial score (nSPS) is 15.3. The van der Waals surface area contributed by atoms with Crippen molar-refractivity contribution in [3.63, 3.8) is 0 Å². The molecule has 0 unspecified atom stereocenters. The Hall–Kier alpha value is -0.910. The molecule has 0 saturated heterocycles. The Kier molecular flexibility index (Phi) is 3.02. The summed E-state index contributed by atoms with van der Waals surface area (Å²) in [5.74, 6) is -0.964. The van der Waals surface area contributed by atoms with E-state index in [0.717, 1.165) is 11.3 Å². The second-order valence-corrected chi connectivity index (χ2v) is 3.89. The second kappa shape index (κ2) is 3.87. The van der Waals surface area contributed by atoms with E-state index in [2.05, 4.69) is 0 Å². The van der Waals surface area contributed by atoms with E-state index >= 15 is 0 Å². The zero-order chi connectivity index (χ0) is 10.0. The minimum atomic E-state index is -0.964. The van der Waals surface area contributed by atoms with Crippen LogP contribution in [0.1, 0.15) is 27.5 Å². The minimum Gasteiger partial charge on any atom is -0.477 e. The Morgan fingerprint density at radius 2 is 2.23 bits per heavy atom. The lowest BCUT2D eigenvalue weighted by Crippen LogP contribution is -2.21. The third kappa shape index (κ3) is 2.27. The molecule has 13 heavy (non-hydrogen) atoms. The quantitative estimate of drug-likeness (QED) is 0.676. The summed E-state index contributed by atoms with van der Waals surface area (Å²) in [6.45, 7) is 1.57. The molecule has 0 aromatic carbocycles. The molecule has 1 heterocycles. The van der Waals surface area contributed by atoms with Crippen molar-refractivity contribution in [2.24, 2.45) is 5.73 Å². The number of carboxylic acid groups (broad SMARTS) is 1. The maximum absolute atomic E-state index is 10.5. The summed E-state index contributed by atoms with van der Waals surface area (Å²) in [7, 11) is 0. The lowest BCUT2D eigenvalue weighted by molar-refractivity contribution is 0.0702. The first-order chi connectivity index (χ1) is 6.02. The van der Waals surface area contributed by atoms with Crippen LogP contribution >= 0.6 is 11.3 Å².